The first-order valence-electron chi connectivity index (χ1n) is 5.27. The van der Waals surface area contributed by atoms with Crippen LogP contribution >= 0.6 is 0 Å². The van der Waals surface area contributed by atoms with Crippen molar-refractivity contribution in [2.24, 2.45) is 0 Å². The van der Waals surface area contributed by atoms with Crippen LogP contribution in [0.25, 0.3) is 0 Å². The van der Waals surface area contributed by atoms with Gasteiger partial charge in [0, 0.05) is 0 Å². The normalized spacial score (nSPS) is 19.8. The standard InChI is InChI=1S/C12H16O4/c1-14-11-5-8-3-4-16-7-10(13)9(8)6-12(11)15-2/h5-6,10,13H,3-4,7H2,1-2H3. The zero-order valence-electron chi connectivity index (χ0n) is 9.53. The molecule has 0 fully saturated rings. The maximum Gasteiger partial charge on any atom is 0.161 e. The first kappa shape index (κ1) is 11.2. The zero-order valence-corrected chi connectivity index (χ0v) is 9.53. The Kier molecular flexibility index (Phi) is 3.31. The SMILES string of the molecule is COc1cc2c(cc1OC)C(O)COCC2. The Balaban J connectivity index is 2.47. The van der Waals surface area contributed by atoms with Crippen molar-refractivity contribution >= 4 is 0 Å². The average molecular weight is 224 g/mol. The van der Waals surface area contributed by atoms with Gasteiger partial charge in [-0.1, -0.05) is 0 Å². The quantitative estimate of drug-likeness (QED) is 0.822. The third-order valence-corrected chi connectivity index (χ3v) is 2.80. The van der Waals surface area contributed by atoms with E-state index in [0.717, 1.165) is 17.5 Å². The minimum atomic E-state index is -0.586. The summed E-state index contributed by atoms with van der Waals surface area (Å²) < 4.78 is 15.8. The topological polar surface area (TPSA) is 47.9 Å². The summed E-state index contributed by atoms with van der Waals surface area (Å²) in [6.45, 7) is 0.960. The summed E-state index contributed by atoms with van der Waals surface area (Å²) in [6, 6.07) is 3.74. The van der Waals surface area contributed by atoms with E-state index in [2.05, 4.69) is 0 Å². The largest absolute Gasteiger partial charge is 0.493 e. The highest BCUT2D eigenvalue weighted by molar-refractivity contribution is 5.48. The van der Waals surface area contributed by atoms with Crippen molar-refractivity contribution in [3.8, 4) is 11.5 Å². The first-order chi connectivity index (χ1) is 7.76. The summed E-state index contributed by atoms with van der Waals surface area (Å²) in [5.41, 5.74) is 1.93. The Labute approximate surface area is 94.8 Å². The van der Waals surface area contributed by atoms with Crippen LogP contribution in [0.15, 0.2) is 12.1 Å². The van der Waals surface area contributed by atoms with E-state index in [0.29, 0.717) is 24.7 Å². The molecule has 4 nitrogen and oxygen atoms in total. The second-order valence-corrected chi connectivity index (χ2v) is 3.75. The van der Waals surface area contributed by atoms with Gasteiger partial charge in [0.25, 0.3) is 0 Å². The van der Waals surface area contributed by atoms with Gasteiger partial charge in [-0.15, -0.1) is 0 Å². The number of aliphatic hydroxyl groups is 1. The van der Waals surface area contributed by atoms with E-state index in [9.17, 15) is 5.11 Å². The van der Waals surface area contributed by atoms with Crippen LogP contribution in [-0.2, 0) is 11.2 Å². The molecule has 1 unspecified atom stereocenters. The van der Waals surface area contributed by atoms with Crippen molar-refractivity contribution in [3.63, 3.8) is 0 Å². The van der Waals surface area contributed by atoms with E-state index in [-0.39, 0.29) is 0 Å². The molecule has 1 N–H and O–H groups in total. The number of methoxy groups -OCH3 is 2. The molecular weight excluding hydrogens is 208 g/mol. The minimum absolute atomic E-state index is 0.336. The summed E-state index contributed by atoms with van der Waals surface area (Å²) in [5, 5.41) is 9.90. The van der Waals surface area contributed by atoms with E-state index >= 15 is 0 Å². The van der Waals surface area contributed by atoms with Crippen molar-refractivity contribution in [2.45, 2.75) is 12.5 Å². The van der Waals surface area contributed by atoms with Crippen LogP contribution in [0.5, 0.6) is 11.5 Å². The third-order valence-electron chi connectivity index (χ3n) is 2.80. The van der Waals surface area contributed by atoms with Crippen molar-refractivity contribution in [1.29, 1.82) is 0 Å². The van der Waals surface area contributed by atoms with Gasteiger partial charge in [0.1, 0.15) is 6.10 Å². The summed E-state index contributed by atoms with van der Waals surface area (Å²) in [7, 11) is 3.19. The Morgan fingerprint density at radius 3 is 2.62 bits per heavy atom. The molecule has 0 bridgehead atoms. The van der Waals surface area contributed by atoms with E-state index < -0.39 is 6.10 Å². The highest BCUT2D eigenvalue weighted by Crippen LogP contribution is 2.34. The molecule has 1 aliphatic rings. The van der Waals surface area contributed by atoms with Gasteiger partial charge in [-0.25, -0.2) is 0 Å². The van der Waals surface area contributed by atoms with E-state index in [4.69, 9.17) is 14.2 Å². The summed E-state index contributed by atoms with van der Waals surface area (Å²) in [4.78, 5) is 0. The minimum Gasteiger partial charge on any atom is -0.493 e. The molecule has 0 spiro atoms. The van der Waals surface area contributed by atoms with E-state index in [1.165, 1.54) is 0 Å². The molecular formula is C12H16O4. The number of hydrogen-bond donors (Lipinski definition) is 1. The second kappa shape index (κ2) is 4.72. The van der Waals surface area contributed by atoms with E-state index in [1.54, 1.807) is 14.2 Å². The van der Waals surface area contributed by atoms with Crippen LogP contribution in [0.3, 0.4) is 0 Å². The molecule has 1 heterocycles. The number of fused-ring (bicyclic) bond motifs is 1. The monoisotopic (exact) mass is 224 g/mol. The van der Waals surface area contributed by atoms with Gasteiger partial charge >= 0.3 is 0 Å². The molecule has 1 aliphatic heterocycles. The Bertz CT molecular complexity index is 376. The second-order valence-electron chi connectivity index (χ2n) is 3.75. The van der Waals surface area contributed by atoms with E-state index in [1.807, 2.05) is 12.1 Å². The maximum absolute atomic E-state index is 9.90. The highest BCUT2D eigenvalue weighted by Gasteiger charge is 2.19. The fraction of sp³-hybridized carbons (Fsp3) is 0.500. The fourth-order valence-corrected chi connectivity index (χ4v) is 1.93. The predicted molar refractivity (Wildman–Crippen MR) is 59.0 cm³/mol. The zero-order chi connectivity index (χ0) is 11.5. The van der Waals surface area contributed by atoms with Crippen LogP contribution in [0.2, 0.25) is 0 Å². The number of aliphatic hydroxyl groups excluding tert-OH is 1. The first-order valence-corrected chi connectivity index (χ1v) is 5.27. The molecule has 0 radical (unpaired) electrons. The van der Waals surface area contributed by atoms with Gasteiger partial charge in [-0.05, 0) is 29.7 Å². The smallest absolute Gasteiger partial charge is 0.161 e. The third kappa shape index (κ3) is 1.99. The Hall–Kier alpha value is -1.26. The lowest BCUT2D eigenvalue weighted by atomic mass is 10.0. The highest BCUT2D eigenvalue weighted by atomic mass is 16.5. The molecule has 0 saturated carbocycles. The summed E-state index contributed by atoms with van der Waals surface area (Å²) >= 11 is 0. The molecule has 1 aromatic rings. The molecule has 4 heteroatoms. The maximum atomic E-state index is 9.90. The molecule has 0 aliphatic carbocycles. The molecule has 2 rings (SSSR count). The molecule has 0 saturated heterocycles. The average Bonchev–Trinajstić information content (AvgIpc) is 2.49. The van der Waals surface area contributed by atoms with Crippen molar-refractivity contribution in [1.82, 2.24) is 0 Å². The molecule has 1 aromatic carbocycles. The van der Waals surface area contributed by atoms with Gasteiger partial charge < -0.3 is 19.3 Å². The van der Waals surface area contributed by atoms with Crippen molar-refractivity contribution in [2.75, 3.05) is 27.4 Å². The summed E-state index contributed by atoms with van der Waals surface area (Å²) in [5.74, 6) is 1.33. The Morgan fingerprint density at radius 2 is 1.94 bits per heavy atom. The van der Waals surface area contributed by atoms with Crippen molar-refractivity contribution in [3.05, 3.63) is 23.3 Å². The molecule has 88 valence electrons. The van der Waals surface area contributed by atoms with Gasteiger partial charge in [0.15, 0.2) is 11.5 Å². The number of hydrogen-bond acceptors (Lipinski definition) is 4. The number of ether oxygens (including phenoxy) is 3. The predicted octanol–water partition coefficient (Wildman–Crippen LogP) is 1.31. The van der Waals surface area contributed by atoms with Crippen LogP contribution in [0.4, 0.5) is 0 Å². The number of rotatable bonds is 2. The lowest BCUT2D eigenvalue weighted by Crippen LogP contribution is -2.05. The molecule has 0 aromatic heterocycles. The molecule has 0 amide bonds. The van der Waals surface area contributed by atoms with Crippen LogP contribution in [0, 0.1) is 0 Å². The number of benzene rings is 1. The fourth-order valence-electron chi connectivity index (χ4n) is 1.93. The molecule has 16 heavy (non-hydrogen) atoms. The van der Waals surface area contributed by atoms with Gasteiger partial charge in [0.2, 0.25) is 0 Å². The lowest BCUT2D eigenvalue weighted by Gasteiger charge is -2.15. The lowest BCUT2D eigenvalue weighted by molar-refractivity contribution is 0.0451. The van der Waals surface area contributed by atoms with Crippen molar-refractivity contribution < 1.29 is 19.3 Å². The van der Waals surface area contributed by atoms with Gasteiger partial charge in [0.05, 0.1) is 27.4 Å². The van der Waals surface area contributed by atoms with Crippen LogP contribution in [0.1, 0.15) is 17.2 Å². The van der Waals surface area contributed by atoms with Gasteiger partial charge in [-0.3, -0.25) is 0 Å². The van der Waals surface area contributed by atoms with Gasteiger partial charge in [-0.2, -0.15) is 0 Å². The Morgan fingerprint density at radius 1 is 1.25 bits per heavy atom. The summed E-state index contributed by atoms with van der Waals surface area (Å²) in [6.07, 6.45) is 0.199. The van der Waals surface area contributed by atoms with Crippen LogP contribution in [-0.4, -0.2) is 32.5 Å². The van der Waals surface area contributed by atoms with Crippen LogP contribution < -0.4 is 9.47 Å². The molecule has 1 atom stereocenters.